The molecule has 2 atom stereocenters. The molecule has 0 N–H and O–H groups in total. The van der Waals surface area contributed by atoms with Crippen LogP contribution in [0.5, 0.6) is 23.0 Å². The molecule has 0 saturated carbocycles. The monoisotopic (exact) mass is 702 g/mol. The van der Waals surface area contributed by atoms with Gasteiger partial charge >= 0.3 is 17.9 Å². The molecule has 2 aliphatic rings. The van der Waals surface area contributed by atoms with E-state index < -0.39 is 17.9 Å². The third kappa shape index (κ3) is 13.7. The van der Waals surface area contributed by atoms with Gasteiger partial charge in [0.1, 0.15) is 54.0 Å². The molecule has 274 valence electrons. The number of hydrogen-bond acceptors (Lipinski definition) is 10. The predicted molar refractivity (Wildman–Crippen MR) is 191 cm³/mol. The molecule has 3 aromatic carbocycles. The first kappa shape index (κ1) is 37.8. The van der Waals surface area contributed by atoms with Crippen LogP contribution >= 0.6 is 0 Å². The van der Waals surface area contributed by atoms with Crippen molar-refractivity contribution in [1.29, 1.82) is 0 Å². The van der Waals surface area contributed by atoms with Gasteiger partial charge in [-0.15, -0.1) is 0 Å². The summed E-state index contributed by atoms with van der Waals surface area (Å²) in [6.07, 6.45) is 14.6. The van der Waals surface area contributed by atoms with Crippen LogP contribution in [0, 0.1) is 0 Å². The first-order chi connectivity index (χ1) is 25.0. The third-order valence-electron chi connectivity index (χ3n) is 8.67. The Hall–Kier alpha value is -4.41. The Morgan fingerprint density at radius 3 is 1.51 bits per heavy atom. The summed E-state index contributed by atoms with van der Waals surface area (Å²) >= 11 is 0. The Labute approximate surface area is 300 Å². The molecule has 5 rings (SSSR count). The van der Waals surface area contributed by atoms with Gasteiger partial charge < -0.3 is 33.2 Å². The summed E-state index contributed by atoms with van der Waals surface area (Å²) in [6, 6.07) is 17.3. The maximum absolute atomic E-state index is 13.3. The minimum absolute atomic E-state index is 0.00755. The van der Waals surface area contributed by atoms with Gasteiger partial charge in [-0.2, -0.15) is 0 Å². The Kier molecular flexibility index (Phi) is 15.2. The van der Waals surface area contributed by atoms with E-state index in [2.05, 4.69) is 6.92 Å². The lowest BCUT2D eigenvalue weighted by Gasteiger charge is -2.13. The Bertz CT molecular complexity index is 1530. The molecule has 2 saturated heterocycles. The molecule has 0 amide bonds. The van der Waals surface area contributed by atoms with Crippen LogP contribution in [0.15, 0.2) is 66.7 Å². The molecule has 0 radical (unpaired) electrons. The number of esters is 3. The zero-order valence-electron chi connectivity index (χ0n) is 29.6. The fourth-order valence-corrected chi connectivity index (χ4v) is 5.41. The minimum atomic E-state index is -0.675. The van der Waals surface area contributed by atoms with E-state index in [0.717, 1.165) is 19.3 Å². The van der Waals surface area contributed by atoms with Crippen LogP contribution in [0.25, 0.3) is 0 Å². The van der Waals surface area contributed by atoms with E-state index >= 15 is 0 Å². The van der Waals surface area contributed by atoms with Crippen LogP contribution in [-0.2, 0) is 14.2 Å². The summed E-state index contributed by atoms with van der Waals surface area (Å²) in [6.45, 7) is 4.74. The van der Waals surface area contributed by atoms with Crippen LogP contribution < -0.4 is 18.9 Å². The predicted octanol–water partition coefficient (Wildman–Crippen LogP) is 8.54. The number of rotatable bonds is 24. The number of unbranched alkanes of at least 4 members (excludes halogenated alkanes) is 11. The SMILES string of the molecule is CCCCCCCCCCCCCCOC(=O)c1cc(OC(=O)c2ccc(OCC3CO3)cc2)ccc1OC(=O)c1ccc(OCC2CO2)cc1. The maximum Gasteiger partial charge on any atom is 0.343 e. The zero-order chi connectivity index (χ0) is 35.7. The second kappa shape index (κ2) is 20.4. The van der Waals surface area contributed by atoms with Gasteiger partial charge in [-0.05, 0) is 73.2 Å². The maximum atomic E-state index is 13.3. The first-order valence-electron chi connectivity index (χ1n) is 18.4. The van der Waals surface area contributed by atoms with Crippen molar-refractivity contribution >= 4 is 17.9 Å². The molecular weight excluding hydrogens is 652 g/mol. The van der Waals surface area contributed by atoms with Gasteiger partial charge in [-0.25, -0.2) is 14.4 Å². The molecule has 2 aliphatic heterocycles. The fourth-order valence-electron chi connectivity index (χ4n) is 5.41. The van der Waals surface area contributed by atoms with Gasteiger partial charge in [-0.3, -0.25) is 0 Å². The van der Waals surface area contributed by atoms with Crippen molar-refractivity contribution < 1.29 is 47.5 Å². The van der Waals surface area contributed by atoms with Crippen LogP contribution in [0.1, 0.15) is 115 Å². The summed E-state index contributed by atoms with van der Waals surface area (Å²) in [5.41, 5.74) is 0.546. The average Bonchev–Trinajstić information content (AvgIpc) is 4.09. The van der Waals surface area contributed by atoms with Gasteiger partial charge in [0.05, 0.1) is 30.9 Å². The van der Waals surface area contributed by atoms with E-state index in [1.54, 1.807) is 48.5 Å². The Morgan fingerprint density at radius 1 is 0.569 bits per heavy atom. The largest absolute Gasteiger partial charge is 0.491 e. The smallest absolute Gasteiger partial charge is 0.343 e. The summed E-state index contributed by atoms with van der Waals surface area (Å²) in [7, 11) is 0. The lowest BCUT2D eigenvalue weighted by atomic mass is 10.1. The van der Waals surface area contributed by atoms with Crippen LogP contribution in [0.3, 0.4) is 0 Å². The molecule has 2 fully saturated rings. The lowest BCUT2D eigenvalue weighted by Crippen LogP contribution is -2.15. The number of benzene rings is 3. The average molecular weight is 703 g/mol. The number of hydrogen-bond donors (Lipinski definition) is 0. The molecule has 0 aromatic heterocycles. The summed E-state index contributed by atoms with van der Waals surface area (Å²) in [5.74, 6) is -0.653. The number of ether oxygens (including phenoxy) is 7. The van der Waals surface area contributed by atoms with Crippen LogP contribution in [0.4, 0.5) is 0 Å². The molecule has 10 heteroatoms. The highest BCUT2D eigenvalue weighted by Gasteiger charge is 2.24. The van der Waals surface area contributed by atoms with E-state index in [-0.39, 0.29) is 41.4 Å². The van der Waals surface area contributed by atoms with Gasteiger partial charge in [0, 0.05) is 0 Å². The highest BCUT2D eigenvalue weighted by molar-refractivity contribution is 5.97. The normalized spacial score (nSPS) is 15.9. The second-order valence-electron chi connectivity index (χ2n) is 13.0. The molecule has 2 unspecified atom stereocenters. The molecule has 0 spiro atoms. The lowest BCUT2D eigenvalue weighted by molar-refractivity contribution is 0.0490. The van der Waals surface area contributed by atoms with E-state index in [1.165, 1.54) is 76.0 Å². The molecular formula is C41H50O10. The quantitative estimate of drug-likeness (QED) is 0.0388. The molecule has 0 aliphatic carbocycles. The highest BCUT2D eigenvalue weighted by atomic mass is 16.6. The first-order valence-corrected chi connectivity index (χ1v) is 18.4. The Balaban J connectivity index is 1.14. The van der Waals surface area contributed by atoms with Crippen molar-refractivity contribution in [3.05, 3.63) is 83.4 Å². The Morgan fingerprint density at radius 2 is 1.02 bits per heavy atom. The van der Waals surface area contributed by atoms with Crippen molar-refractivity contribution in [2.45, 2.75) is 96.2 Å². The van der Waals surface area contributed by atoms with E-state index in [9.17, 15) is 14.4 Å². The number of carbonyl (C=O) groups excluding carboxylic acids is 3. The second-order valence-corrected chi connectivity index (χ2v) is 13.0. The van der Waals surface area contributed by atoms with Crippen molar-refractivity contribution in [2.75, 3.05) is 33.0 Å². The van der Waals surface area contributed by atoms with Gasteiger partial charge in [0.2, 0.25) is 0 Å². The van der Waals surface area contributed by atoms with Gasteiger partial charge in [0.25, 0.3) is 0 Å². The van der Waals surface area contributed by atoms with Gasteiger partial charge in [-0.1, -0.05) is 77.6 Å². The molecule has 10 nitrogen and oxygen atoms in total. The standard InChI is InChI=1S/C41H50O10/c1-2-3-4-5-6-7-8-9-10-11-12-13-24-45-41(44)37-25-34(50-39(42)30-14-18-32(19-15-30)46-26-35-28-48-35)22-23-38(37)51-40(43)31-16-20-33(21-17-31)47-27-36-29-49-36/h14-23,25,35-36H,2-13,24,26-29H2,1H3. The van der Waals surface area contributed by atoms with E-state index in [1.807, 2.05) is 0 Å². The van der Waals surface area contributed by atoms with Crippen LogP contribution in [-0.4, -0.2) is 63.2 Å². The van der Waals surface area contributed by atoms with Crippen molar-refractivity contribution in [1.82, 2.24) is 0 Å². The highest BCUT2D eigenvalue weighted by Crippen LogP contribution is 2.28. The summed E-state index contributed by atoms with van der Waals surface area (Å²) in [4.78, 5) is 39.4. The molecule has 3 aromatic rings. The third-order valence-corrected chi connectivity index (χ3v) is 8.67. The minimum Gasteiger partial charge on any atom is -0.491 e. The molecule has 51 heavy (non-hydrogen) atoms. The topological polar surface area (TPSA) is 122 Å². The van der Waals surface area contributed by atoms with E-state index in [4.69, 9.17) is 33.2 Å². The van der Waals surface area contributed by atoms with Crippen molar-refractivity contribution in [3.63, 3.8) is 0 Å². The van der Waals surface area contributed by atoms with Crippen molar-refractivity contribution in [2.24, 2.45) is 0 Å². The zero-order valence-corrected chi connectivity index (χ0v) is 29.6. The van der Waals surface area contributed by atoms with Crippen LogP contribution in [0.2, 0.25) is 0 Å². The van der Waals surface area contributed by atoms with Crippen molar-refractivity contribution in [3.8, 4) is 23.0 Å². The number of carbonyl (C=O) groups is 3. The number of epoxide rings is 2. The summed E-state index contributed by atoms with van der Waals surface area (Å²) < 4.78 is 38.4. The van der Waals surface area contributed by atoms with Gasteiger partial charge in [0.15, 0.2) is 0 Å². The molecule has 0 bridgehead atoms. The van der Waals surface area contributed by atoms with E-state index in [0.29, 0.717) is 43.5 Å². The fraction of sp³-hybridized carbons (Fsp3) is 0.488. The summed E-state index contributed by atoms with van der Waals surface area (Å²) in [5, 5.41) is 0. The molecule has 2 heterocycles.